The lowest BCUT2D eigenvalue weighted by Crippen LogP contribution is -2.34. The number of carbonyl (C=O) groups is 3. The van der Waals surface area contributed by atoms with Gasteiger partial charge in [0.2, 0.25) is 5.78 Å². The normalized spacial score (nSPS) is 17.6. The van der Waals surface area contributed by atoms with E-state index >= 15 is 0 Å². The second-order valence-electron chi connectivity index (χ2n) is 5.77. The lowest BCUT2D eigenvalue weighted by atomic mass is 10.0. The molecule has 2 amide bonds. The summed E-state index contributed by atoms with van der Waals surface area (Å²) in [4.78, 5) is 39.1. The largest absolute Gasteiger partial charge is 0.445 e. The van der Waals surface area contributed by atoms with Crippen LogP contribution in [0.4, 0.5) is 16.2 Å². The predicted molar refractivity (Wildman–Crippen MR) is 96.8 cm³/mol. The van der Waals surface area contributed by atoms with Gasteiger partial charge in [-0.1, -0.05) is 43.0 Å². The Morgan fingerprint density at radius 3 is 2.50 bits per heavy atom. The molecule has 0 atom stereocenters. The molecular formula is C20H14N2O4. The van der Waals surface area contributed by atoms with Crippen LogP contribution in [0, 0.1) is 0 Å². The van der Waals surface area contributed by atoms with Crippen LogP contribution in [0.15, 0.2) is 66.9 Å². The summed E-state index contributed by atoms with van der Waals surface area (Å²) in [6, 6.07) is 13.8. The number of para-hydroxylation sites is 2. The number of hydrogen-bond donors (Lipinski definition) is 1. The first-order valence-electron chi connectivity index (χ1n) is 8.00. The molecule has 6 heteroatoms. The Kier molecular flexibility index (Phi) is 3.65. The first-order valence-corrected chi connectivity index (χ1v) is 8.00. The molecule has 6 nitrogen and oxygen atoms in total. The summed E-state index contributed by atoms with van der Waals surface area (Å²) in [6.07, 6.45) is 0.614. The number of imide groups is 1. The average molecular weight is 346 g/mol. The number of nitrogens with one attached hydrogen (secondary N) is 1. The molecule has 0 spiro atoms. The van der Waals surface area contributed by atoms with E-state index < -0.39 is 12.0 Å². The van der Waals surface area contributed by atoms with Gasteiger partial charge < -0.3 is 10.1 Å². The highest BCUT2D eigenvalue weighted by molar-refractivity contribution is 6.43. The predicted octanol–water partition coefficient (Wildman–Crippen LogP) is 3.38. The molecule has 0 aliphatic carbocycles. The quantitative estimate of drug-likeness (QED) is 0.666. The van der Waals surface area contributed by atoms with Gasteiger partial charge in [0.05, 0.1) is 11.3 Å². The molecule has 2 aromatic rings. The number of ether oxygens (including phenoxy) is 1. The van der Waals surface area contributed by atoms with Crippen molar-refractivity contribution in [1.82, 2.24) is 0 Å². The van der Waals surface area contributed by atoms with Crippen molar-refractivity contribution in [3.8, 4) is 0 Å². The standard InChI is InChI=1S/C20H14N2O4/c1-2-11-26-20(25)22-15-10-6-4-8-13(15)16(19(22)24)17-18(23)12-7-3-5-9-14(12)21-17/h2-10,21H,1,11H2/b17-16-. The van der Waals surface area contributed by atoms with Gasteiger partial charge in [-0.15, -0.1) is 0 Å². The average Bonchev–Trinajstić information content (AvgIpc) is 3.13. The van der Waals surface area contributed by atoms with Crippen molar-refractivity contribution in [2.24, 2.45) is 0 Å². The summed E-state index contributed by atoms with van der Waals surface area (Å²) in [5.74, 6) is -0.871. The molecule has 128 valence electrons. The number of hydrogen-bond acceptors (Lipinski definition) is 5. The second-order valence-corrected chi connectivity index (χ2v) is 5.77. The zero-order valence-corrected chi connectivity index (χ0v) is 13.7. The second kappa shape index (κ2) is 6.00. The van der Waals surface area contributed by atoms with Gasteiger partial charge in [0, 0.05) is 16.8 Å². The Balaban J connectivity index is 1.84. The van der Waals surface area contributed by atoms with Crippen LogP contribution in [-0.2, 0) is 9.53 Å². The smallest absolute Gasteiger partial charge is 0.421 e. The van der Waals surface area contributed by atoms with Crippen LogP contribution in [0.5, 0.6) is 0 Å². The highest BCUT2D eigenvalue weighted by Crippen LogP contribution is 2.41. The van der Waals surface area contributed by atoms with Crippen LogP contribution >= 0.6 is 0 Å². The molecule has 0 unspecified atom stereocenters. The van der Waals surface area contributed by atoms with Gasteiger partial charge in [0.1, 0.15) is 12.3 Å². The Morgan fingerprint density at radius 2 is 1.77 bits per heavy atom. The SMILES string of the molecule is C=CCOC(=O)N1C(=O)/C(=C2\Nc3ccccc3C2=O)c2ccccc21. The lowest BCUT2D eigenvalue weighted by Gasteiger charge is -2.14. The minimum Gasteiger partial charge on any atom is -0.445 e. The van der Waals surface area contributed by atoms with E-state index in [1.54, 1.807) is 48.5 Å². The molecule has 0 fully saturated rings. The fourth-order valence-corrected chi connectivity index (χ4v) is 3.13. The minimum atomic E-state index is -0.805. The van der Waals surface area contributed by atoms with Gasteiger partial charge in [0.25, 0.3) is 5.91 Å². The van der Waals surface area contributed by atoms with Crippen LogP contribution in [0.25, 0.3) is 5.57 Å². The maximum absolute atomic E-state index is 13.0. The molecule has 0 saturated carbocycles. The number of rotatable bonds is 2. The van der Waals surface area contributed by atoms with Gasteiger partial charge in [-0.25, -0.2) is 9.69 Å². The van der Waals surface area contributed by atoms with Crippen LogP contribution in [0.1, 0.15) is 15.9 Å². The Labute approximate surface area is 149 Å². The fraction of sp³-hybridized carbons (Fsp3) is 0.0500. The maximum Gasteiger partial charge on any atom is 0.421 e. The van der Waals surface area contributed by atoms with E-state index in [0.29, 0.717) is 22.5 Å². The summed E-state index contributed by atoms with van der Waals surface area (Å²) < 4.78 is 5.02. The molecule has 1 N–H and O–H groups in total. The molecule has 2 aromatic carbocycles. The number of benzene rings is 2. The molecule has 2 aliphatic rings. The lowest BCUT2D eigenvalue weighted by molar-refractivity contribution is -0.112. The van der Waals surface area contributed by atoms with Gasteiger partial charge in [-0.2, -0.15) is 0 Å². The van der Waals surface area contributed by atoms with Gasteiger partial charge in [0.15, 0.2) is 0 Å². The van der Waals surface area contributed by atoms with E-state index in [4.69, 9.17) is 4.74 Å². The van der Waals surface area contributed by atoms with E-state index in [2.05, 4.69) is 11.9 Å². The van der Waals surface area contributed by atoms with Crippen LogP contribution in [0.2, 0.25) is 0 Å². The minimum absolute atomic E-state index is 0.0146. The number of carbonyl (C=O) groups excluding carboxylic acids is 3. The van der Waals surface area contributed by atoms with Gasteiger partial charge in [-0.3, -0.25) is 9.59 Å². The van der Waals surface area contributed by atoms with Crippen molar-refractivity contribution in [3.05, 3.63) is 78.0 Å². The first-order chi connectivity index (χ1) is 12.6. The van der Waals surface area contributed by atoms with Crippen molar-refractivity contribution in [2.75, 3.05) is 16.8 Å². The third-order valence-corrected chi connectivity index (χ3v) is 4.25. The molecule has 0 aromatic heterocycles. The summed E-state index contributed by atoms with van der Waals surface area (Å²) in [6.45, 7) is 3.47. The summed E-state index contributed by atoms with van der Waals surface area (Å²) >= 11 is 0. The number of anilines is 2. The number of allylic oxidation sites excluding steroid dienone is 1. The highest BCUT2D eigenvalue weighted by Gasteiger charge is 2.42. The fourth-order valence-electron chi connectivity index (χ4n) is 3.13. The van der Waals surface area contributed by atoms with Crippen molar-refractivity contribution in [1.29, 1.82) is 0 Å². The van der Waals surface area contributed by atoms with Crippen molar-refractivity contribution >= 4 is 34.7 Å². The van der Waals surface area contributed by atoms with E-state index in [1.807, 2.05) is 0 Å². The van der Waals surface area contributed by atoms with Gasteiger partial charge >= 0.3 is 6.09 Å². The number of Topliss-reactive ketones (excluding diaryl/α,β-unsaturated/α-hetero) is 1. The molecule has 2 heterocycles. The van der Waals surface area contributed by atoms with Gasteiger partial charge in [-0.05, 0) is 18.2 Å². The first kappa shape index (κ1) is 15.8. The third-order valence-electron chi connectivity index (χ3n) is 4.25. The molecular weight excluding hydrogens is 332 g/mol. The summed E-state index contributed by atoms with van der Waals surface area (Å²) in [7, 11) is 0. The van der Waals surface area contributed by atoms with Crippen LogP contribution in [-0.4, -0.2) is 24.4 Å². The van der Waals surface area contributed by atoms with Crippen LogP contribution in [0.3, 0.4) is 0 Å². The maximum atomic E-state index is 13.0. The van der Waals surface area contributed by atoms with Crippen molar-refractivity contribution in [2.45, 2.75) is 0 Å². The number of ketones is 1. The zero-order chi connectivity index (χ0) is 18.3. The summed E-state index contributed by atoms with van der Waals surface area (Å²) in [5.41, 5.74) is 2.36. The van der Waals surface area contributed by atoms with E-state index in [0.717, 1.165) is 4.90 Å². The van der Waals surface area contributed by atoms with Crippen molar-refractivity contribution in [3.63, 3.8) is 0 Å². The number of amides is 2. The van der Waals surface area contributed by atoms with E-state index in [9.17, 15) is 14.4 Å². The molecule has 4 rings (SSSR count). The molecule has 2 aliphatic heterocycles. The monoisotopic (exact) mass is 346 g/mol. The van der Waals surface area contributed by atoms with Crippen molar-refractivity contribution < 1.29 is 19.1 Å². The molecule has 0 saturated heterocycles. The number of fused-ring (bicyclic) bond motifs is 2. The zero-order valence-electron chi connectivity index (χ0n) is 13.7. The summed E-state index contributed by atoms with van der Waals surface area (Å²) in [5, 5.41) is 3.01. The Morgan fingerprint density at radius 1 is 1.08 bits per heavy atom. The topological polar surface area (TPSA) is 75.7 Å². The molecule has 0 bridgehead atoms. The van der Waals surface area contributed by atoms with E-state index in [1.165, 1.54) is 6.08 Å². The third kappa shape index (κ3) is 2.23. The Hall–Kier alpha value is -3.67. The Bertz CT molecular complexity index is 1010. The van der Waals surface area contributed by atoms with E-state index in [-0.39, 0.29) is 23.7 Å². The highest BCUT2D eigenvalue weighted by atomic mass is 16.6. The number of nitrogens with zero attached hydrogens (tertiary/aromatic N) is 1. The molecule has 26 heavy (non-hydrogen) atoms. The molecule has 0 radical (unpaired) electrons. The van der Waals surface area contributed by atoms with Crippen LogP contribution < -0.4 is 10.2 Å².